The monoisotopic (exact) mass is 198 g/mol. The van der Waals surface area contributed by atoms with E-state index in [1.165, 1.54) is 18.0 Å². The van der Waals surface area contributed by atoms with E-state index in [-0.39, 0.29) is 5.91 Å². The number of amides is 1. The van der Waals surface area contributed by atoms with Crippen LogP contribution in [-0.4, -0.2) is 34.0 Å². The molecule has 1 aliphatic heterocycles. The van der Waals surface area contributed by atoms with E-state index in [1.807, 2.05) is 0 Å². The predicted octanol–water partition coefficient (Wildman–Crippen LogP) is -0.0771. The quantitative estimate of drug-likeness (QED) is 0.650. The summed E-state index contributed by atoms with van der Waals surface area (Å²) in [5, 5.41) is 8.76. The maximum Gasteiger partial charge on any atom is 0.326 e. The minimum absolute atomic E-state index is 0.325. The molecule has 1 amide bonds. The van der Waals surface area contributed by atoms with Gasteiger partial charge in [0.05, 0.1) is 6.04 Å². The number of nitrogens with two attached hydrogens (primary N) is 1. The van der Waals surface area contributed by atoms with E-state index < -0.39 is 18.1 Å². The fourth-order valence-corrected chi connectivity index (χ4v) is 1.29. The molecule has 0 aromatic carbocycles. The molecule has 0 aromatic rings. The third-order valence-electron chi connectivity index (χ3n) is 2.26. The summed E-state index contributed by atoms with van der Waals surface area (Å²) in [6, 6.07) is -1.45. The molecule has 0 aliphatic carbocycles. The van der Waals surface area contributed by atoms with Crippen molar-refractivity contribution in [1.29, 1.82) is 0 Å². The average Bonchev–Trinajstić information content (AvgIpc) is 2.29. The zero-order chi connectivity index (χ0) is 10.7. The molecule has 1 rings (SSSR count). The molecule has 5 nitrogen and oxygen atoms in total. The van der Waals surface area contributed by atoms with Gasteiger partial charge in [0.25, 0.3) is 0 Å². The Bertz CT molecular complexity index is 275. The molecule has 0 spiro atoms. The Balaban J connectivity index is 2.83. The summed E-state index contributed by atoms with van der Waals surface area (Å²) in [6.45, 7) is 1.46. The third-order valence-corrected chi connectivity index (χ3v) is 2.26. The van der Waals surface area contributed by atoms with Crippen molar-refractivity contribution in [1.82, 2.24) is 4.90 Å². The Kier molecular flexibility index (Phi) is 3.24. The topological polar surface area (TPSA) is 83.6 Å². The van der Waals surface area contributed by atoms with Gasteiger partial charge in [0.1, 0.15) is 6.04 Å². The summed E-state index contributed by atoms with van der Waals surface area (Å²) in [6.07, 6.45) is 4.55. The van der Waals surface area contributed by atoms with Crippen molar-refractivity contribution in [2.24, 2.45) is 5.73 Å². The van der Waals surface area contributed by atoms with E-state index in [2.05, 4.69) is 0 Å². The van der Waals surface area contributed by atoms with Gasteiger partial charge in [-0.25, -0.2) is 4.79 Å². The second-order valence-electron chi connectivity index (χ2n) is 3.33. The lowest BCUT2D eigenvalue weighted by molar-refractivity contribution is -0.147. The molecule has 5 heteroatoms. The number of aliphatic carboxylic acids is 1. The van der Waals surface area contributed by atoms with Gasteiger partial charge >= 0.3 is 5.97 Å². The van der Waals surface area contributed by atoms with Crippen LogP contribution in [0.25, 0.3) is 0 Å². The van der Waals surface area contributed by atoms with Gasteiger partial charge in [0, 0.05) is 6.20 Å². The number of carboxylic acids is 1. The molecule has 0 fully saturated rings. The molecular weight excluding hydrogens is 184 g/mol. The number of carboxylic acid groups (broad SMARTS) is 1. The highest BCUT2D eigenvalue weighted by molar-refractivity contribution is 5.87. The maximum atomic E-state index is 11.6. The van der Waals surface area contributed by atoms with Gasteiger partial charge in [-0.05, 0) is 19.8 Å². The highest BCUT2D eigenvalue weighted by Gasteiger charge is 2.28. The number of nitrogens with zero attached hydrogens (tertiary/aromatic N) is 1. The Morgan fingerprint density at radius 3 is 3.00 bits per heavy atom. The molecular formula is C9H14N2O3. The first-order chi connectivity index (χ1) is 6.54. The van der Waals surface area contributed by atoms with Crippen LogP contribution in [0.4, 0.5) is 0 Å². The lowest BCUT2D eigenvalue weighted by Crippen LogP contribution is -2.46. The van der Waals surface area contributed by atoms with E-state index in [0.29, 0.717) is 12.8 Å². The first kappa shape index (κ1) is 10.7. The number of carbonyl (C=O) groups excluding carboxylic acids is 1. The van der Waals surface area contributed by atoms with E-state index >= 15 is 0 Å². The number of hydrogen-bond donors (Lipinski definition) is 2. The fraction of sp³-hybridized carbons (Fsp3) is 0.556. The molecule has 2 atom stereocenters. The Labute approximate surface area is 82.2 Å². The largest absolute Gasteiger partial charge is 0.480 e. The number of carbonyl (C=O) groups is 2. The highest BCUT2D eigenvalue weighted by atomic mass is 16.4. The molecule has 1 aliphatic rings. The van der Waals surface area contributed by atoms with Gasteiger partial charge in [0.15, 0.2) is 0 Å². The predicted molar refractivity (Wildman–Crippen MR) is 50.3 cm³/mol. The van der Waals surface area contributed by atoms with Crippen LogP contribution in [-0.2, 0) is 9.59 Å². The van der Waals surface area contributed by atoms with E-state index in [1.54, 1.807) is 6.08 Å². The Hall–Kier alpha value is -1.36. The van der Waals surface area contributed by atoms with Crippen LogP contribution < -0.4 is 5.73 Å². The lowest BCUT2D eigenvalue weighted by Gasteiger charge is -2.23. The second kappa shape index (κ2) is 4.23. The Morgan fingerprint density at radius 1 is 1.79 bits per heavy atom. The van der Waals surface area contributed by atoms with Crippen LogP contribution in [0.2, 0.25) is 0 Å². The SMILES string of the molecule is C[C@H](C(=O)O)N1C=CCC[C@H](N)C1=O. The molecule has 1 heterocycles. The summed E-state index contributed by atoms with van der Waals surface area (Å²) < 4.78 is 0. The minimum atomic E-state index is -1.03. The molecule has 0 radical (unpaired) electrons. The summed E-state index contributed by atoms with van der Waals surface area (Å²) in [4.78, 5) is 23.5. The van der Waals surface area contributed by atoms with Crippen molar-refractivity contribution >= 4 is 11.9 Å². The van der Waals surface area contributed by atoms with Crippen molar-refractivity contribution in [3.63, 3.8) is 0 Å². The Morgan fingerprint density at radius 2 is 2.43 bits per heavy atom. The third kappa shape index (κ3) is 2.11. The maximum absolute atomic E-state index is 11.6. The number of rotatable bonds is 2. The average molecular weight is 198 g/mol. The van der Waals surface area contributed by atoms with Crippen molar-refractivity contribution in [3.8, 4) is 0 Å². The van der Waals surface area contributed by atoms with Gasteiger partial charge in [-0.2, -0.15) is 0 Å². The molecule has 0 unspecified atom stereocenters. The van der Waals surface area contributed by atoms with Crippen LogP contribution in [0.5, 0.6) is 0 Å². The summed E-state index contributed by atoms with van der Waals surface area (Å²) in [7, 11) is 0. The first-order valence-corrected chi connectivity index (χ1v) is 4.51. The summed E-state index contributed by atoms with van der Waals surface area (Å²) in [5.41, 5.74) is 5.58. The van der Waals surface area contributed by atoms with Gasteiger partial charge in [-0.15, -0.1) is 0 Å². The van der Waals surface area contributed by atoms with Gasteiger partial charge in [-0.3, -0.25) is 4.79 Å². The summed E-state index contributed by atoms with van der Waals surface area (Å²) in [5.74, 6) is -1.36. The van der Waals surface area contributed by atoms with Gasteiger partial charge < -0.3 is 15.7 Å². The zero-order valence-electron chi connectivity index (χ0n) is 8.01. The van der Waals surface area contributed by atoms with E-state index in [0.717, 1.165) is 0 Å². The molecule has 0 saturated heterocycles. The van der Waals surface area contributed by atoms with Crippen LogP contribution in [0.15, 0.2) is 12.3 Å². The van der Waals surface area contributed by atoms with Crippen LogP contribution in [0.3, 0.4) is 0 Å². The highest BCUT2D eigenvalue weighted by Crippen LogP contribution is 2.11. The van der Waals surface area contributed by atoms with Crippen molar-refractivity contribution in [2.45, 2.75) is 31.8 Å². The van der Waals surface area contributed by atoms with Gasteiger partial charge in [0.2, 0.25) is 5.91 Å². The molecule has 3 N–H and O–H groups in total. The normalized spacial score (nSPS) is 24.6. The molecule has 78 valence electrons. The van der Waals surface area contributed by atoms with Crippen molar-refractivity contribution in [2.75, 3.05) is 0 Å². The molecule has 0 aromatic heterocycles. The molecule has 0 bridgehead atoms. The molecule has 0 saturated carbocycles. The van der Waals surface area contributed by atoms with Crippen LogP contribution in [0.1, 0.15) is 19.8 Å². The number of allylic oxidation sites excluding steroid dienone is 1. The van der Waals surface area contributed by atoms with Crippen molar-refractivity contribution in [3.05, 3.63) is 12.3 Å². The van der Waals surface area contributed by atoms with E-state index in [4.69, 9.17) is 10.8 Å². The van der Waals surface area contributed by atoms with E-state index in [9.17, 15) is 9.59 Å². The lowest BCUT2D eigenvalue weighted by atomic mass is 10.1. The van der Waals surface area contributed by atoms with Crippen molar-refractivity contribution < 1.29 is 14.7 Å². The van der Waals surface area contributed by atoms with Gasteiger partial charge in [-0.1, -0.05) is 6.08 Å². The fourth-order valence-electron chi connectivity index (χ4n) is 1.29. The van der Waals surface area contributed by atoms with Crippen LogP contribution in [0, 0.1) is 0 Å². The number of hydrogen-bond acceptors (Lipinski definition) is 3. The standard InChI is InChI=1S/C9H14N2O3/c1-6(9(13)14)11-5-3-2-4-7(10)8(11)12/h3,5-7H,2,4,10H2,1H3,(H,13,14)/t6-,7+/m1/s1. The smallest absolute Gasteiger partial charge is 0.326 e. The second-order valence-corrected chi connectivity index (χ2v) is 3.33. The minimum Gasteiger partial charge on any atom is -0.480 e. The zero-order valence-corrected chi connectivity index (χ0v) is 8.01. The summed E-state index contributed by atoms with van der Waals surface area (Å²) >= 11 is 0. The molecule has 14 heavy (non-hydrogen) atoms. The van der Waals surface area contributed by atoms with Crippen LogP contribution >= 0.6 is 0 Å². The first-order valence-electron chi connectivity index (χ1n) is 4.51.